The second-order valence-corrected chi connectivity index (χ2v) is 7.02. The summed E-state index contributed by atoms with van der Waals surface area (Å²) < 4.78 is 23.0. The van der Waals surface area contributed by atoms with Gasteiger partial charge in [-0.3, -0.25) is 4.79 Å². The minimum absolute atomic E-state index is 0.0923. The number of fused-ring (bicyclic) bond motifs is 4. The maximum Gasteiger partial charge on any atom is 0.262 e. The van der Waals surface area contributed by atoms with Crippen molar-refractivity contribution in [3.63, 3.8) is 0 Å². The SMILES string of the molecule is COc1cc2c(cc1OC)C(O)C(O)Cn1c-2cc2ccc(OC)c(OC)c2c1=O. The average molecular weight is 413 g/mol. The van der Waals surface area contributed by atoms with Crippen LogP contribution in [0.15, 0.2) is 35.1 Å². The van der Waals surface area contributed by atoms with Crippen LogP contribution in [-0.4, -0.2) is 49.3 Å². The standard InChI is InChI=1S/C22H23NO7/c1-27-16-6-5-11-7-14-12-8-17(28-2)18(29-3)9-13(12)20(25)15(24)10-23(14)22(26)19(11)21(16)30-4/h5-9,15,20,24-25H,10H2,1-4H3. The van der Waals surface area contributed by atoms with Gasteiger partial charge in [-0.2, -0.15) is 0 Å². The second kappa shape index (κ2) is 7.55. The number of hydrogen-bond acceptors (Lipinski definition) is 7. The van der Waals surface area contributed by atoms with E-state index in [1.54, 1.807) is 24.3 Å². The molecule has 1 aliphatic rings. The van der Waals surface area contributed by atoms with Crippen LogP contribution in [0.2, 0.25) is 0 Å². The quantitative estimate of drug-likeness (QED) is 0.676. The van der Waals surface area contributed by atoms with Gasteiger partial charge in [0.25, 0.3) is 5.56 Å². The first-order valence-corrected chi connectivity index (χ1v) is 9.36. The first-order chi connectivity index (χ1) is 14.4. The van der Waals surface area contributed by atoms with E-state index in [-0.39, 0.29) is 12.1 Å². The van der Waals surface area contributed by atoms with Crippen molar-refractivity contribution in [2.45, 2.75) is 18.8 Å². The van der Waals surface area contributed by atoms with Crippen molar-refractivity contribution in [3.05, 3.63) is 46.2 Å². The van der Waals surface area contributed by atoms with Crippen LogP contribution in [0.1, 0.15) is 11.7 Å². The van der Waals surface area contributed by atoms with Gasteiger partial charge in [0, 0.05) is 5.56 Å². The van der Waals surface area contributed by atoms with Gasteiger partial charge in [-0.25, -0.2) is 0 Å². The Balaban J connectivity index is 2.12. The first-order valence-electron chi connectivity index (χ1n) is 9.36. The summed E-state index contributed by atoms with van der Waals surface area (Å²) in [5.41, 5.74) is 1.22. The van der Waals surface area contributed by atoms with Gasteiger partial charge in [0.05, 0.1) is 46.1 Å². The molecule has 0 bridgehead atoms. The molecule has 0 amide bonds. The van der Waals surface area contributed by atoms with E-state index in [2.05, 4.69) is 0 Å². The van der Waals surface area contributed by atoms with Crippen LogP contribution in [0.4, 0.5) is 0 Å². The number of hydrogen-bond donors (Lipinski definition) is 2. The van der Waals surface area contributed by atoms with E-state index in [9.17, 15) is 15.0 Å². The Morgan fingerprint density at radius 3 is 2.20 bits per heavy atom. The van der Waals surface area contributed by atoms with Gasteiger partial charge in [0.15, 0.2) is 23.0 Å². The highest BCUT2D eigenvalue weighted by Crippen LogP contribution is 2.42. The third kappa shape index (κ3) is 2.88. The highest BCUT2D eigenvalue weighted by Gasteiger charge is 2.31. The summed E-state index contributed by atoms with van der Waals surface area (Å²) in [5, 5.41) is 22.4. The summed E-state index contributed by atoms with van der Waals surface area (Å²) in [5.74, 6) is 1.63. The molecule has 30 heavy (non-hydrogen) atoms. The van der Waals surface area contributed by atoms with E-state index in [4.69, 9.17) is 18.9 Å². The Labute approximate surface area is 172 Å². The highest BCUT2D eigenvalue weighted by atomic mass is 16.5. The van der Waals surface area contributed by atoms with E-state index >= 15 is 0 Å². The van der Waals surface area contributed by atoms with Crippen LogP contribution in [0.25, 0.3) is 22.0 Å². The van der Waals surface area contributed by atoms with E-state index in [1.807, 2.05) is 6.07 Å². The van der Waals surface area contributed by atoms with E-state index < -0.39 is 12.2 Å². The number of nitrogens with zero attached hydrogens (tertiary/aromatic N) is 1. The summed E-state index contributed by atoms with van der Waals surface area (Å²) >= 11 is 0. The van der Waals surface area contributed by atoms with Gasteiger partial charge in [-0.1, -0.05) is 6.07 Å². The largest absolute Gasteiger partial charge is 0.493 e. The fourth-order valence-electron chi connectivity index (χ4n) is 4.01. The number of aliphatic hydroxyl groups is 2. The van der Waals surface area contributed by atoms with Crippen molar-refractivity contribution in [1.82, 2.24) is 4.57 Å². The minimum Gasteiger partial charge on any atom is -0.493 e. The molecule has 2 aromatic carbocycles. The van der Waals surface area contributed by atoms with Crippen LogP contribution in [0.3, 0.4) is 0 Å². The molecule has 0 fully saturated rings. The predicted molar refractivity (Wildman–Crippen MR) is 111 cm³/mol. The molecule has 1 aromatic heterocycles. The summed E-state index contributed by atoms with van der Waals surface area (Å²) in [6.07, 6.45) is -2.41. The normalized spacial score (nSPS) is 17.7. The van der Waals surface area contributed by atoms with Crippen molar-refractivity contribution < 1.29 is 29.2 Å². The number of ether oxygens (including phenoxy) is 4. The van der Waals surface area contributed by atoms with Crippen LogP contribution in [-0.2, 0) is 6.54 Å². The molecule has 4 rings (SSSR count). The molecular weight excluding hydrogens is 390 g/mol. The van der Waals surface area contributed by atoms with Crippen molar-refractivity contribution in [1.29, 1.82) is 0 Å². The third-order valence-corrected chi connectivity index (χ3v) is 5.50. The lowest BCUT2D eigenvalue weighted by Gasteiger charge is -2.18. The Bertz CT molecular complexity index is 1180. The molecule has 3 aromatic rings. The molecule has 2 unspecified atom stereocenters. The molecule has 8 heteroatoms. The van der Waals surface area contributed by atoms with E-state index in [0.717, 1.165) is 0 Å². The number of aliphatic hydroxyl groups excluding tert-OH is 2. The van der Waals surface area contributed by atoms with Crippen molar-refractivity contribution in [3.8, 4) is 34.3 Å². The van der Waals surface area contributed by atoms with Gasteiger partial charge in [0.1, 0.15) is 12.2 Å². The highest BCUT2D eigenvalue weighted by molar-refractivity contribution is 5.93. The number of aromatic nitrogens is 1. The molecule has 2 N–H and O–H groups in total. The number of pyridine rings is 1. The molecule has 0 spiro atoms. The Kier molecular flexibility index (Phi) is 5.05. The molecule has 158 valence electrons. The molecule has 2 heterocycles. The zero-order valence-electron chi connectivity index (χ0n) is 17.1. The van der Waals surface area contributed by atoms with Crippen LogP contribution >= 0.6 is 0 Å². The smallest absolute Gasteiger partial charge is 0.262 e. The van der Waals surface area contributed by atoms with Crippen molar-refractivity contribution >= 4 is 10.8 Å². The lowest BCUT2D eigenvalue weighted by atomic mass is 9.96. The summed E-state index contributed by atoms with van der Waals surface area (Å²) in [4.78, 5) is 13.5. The lowest BCUT2D eigenvalue weighted by molar-refractivity contribution is 0.0100. The number of rotatable bonds is 4. The average Bonchev–Trinajstić information content (AvgIpc) is 2.87. The number of benzene rings is 2. The summed E-state index contributed by atoms with van der Waals surface area (Å²) in [6, 6.07) is 8.66. The Hall–Kier alpha value is -3.23. The van der Waals surface area contributed by atoms with Gasteiger partial charge in [-0.05, 0) is 35.2 Å². The molecule has 8 nitrogen and oxygen atoms in total. The summed E-state index contributed by atoms with van der Waals surface area (Å²) in [6.45, 7) is -0.0923. The molecular formula is C22H23NO7. The molecule has 0 aliphatic carbocycles. The maximum atomic E-state index is 13.5. The van der Waals surface area contributed by atoms with Crippen LogP contribution in [0.5, 0.6) is 23.0 Å². The molecule has 0 saturated carbocycles. The second-order valence-electron chi connectivity index (χ2n) is 7.02. The number of methoxy groups -OCH3 is 4. The van der Waals surface area contributed by atoms with E-state index in [0.29, 0.717) is 50.6 Å². The minimum atomic E-state index is -1.21. The topological polar surface area (TPSA) is 99.4 Å². The van der Waals surface area contributed by atoms with Gasteiger partial charge in [-0.15, -0.1) is 0 Å². The van der Waals surface area contributed by atoms with Gasteiger partial charge >= 0.3 is 0 Å². The zero-order valence-corrected chi connectivity index (χ0v) is 17.1. The zero-order chi connectivity index (χ0) is 21.6. The molecule has 2 atom stereocenters. The maximum absolute atomic E-state index is 13.5. The van der Waals surface area contributed by atoms with Crippen LogP contribution in [0, 0.1) is 0 Å². The summed E-state index contributed by atoms with van der Waals surface area (Å²) in [7, 11) is 5.98. The molecule has 0 saturated heterocycles. The monoisotopic (exact) mass is 413 g/mol. The predicted octanol–water partition coefficient (Wildman–Crippen LogP) is 2.11. The van der Waals surface area contributed by atoms with Crippen molar-refractivity contribution in [2.24, 2.45) is 0 Å². The van der Waals surface area contributed by atoms with Gasteiger partial charge in [0.2, 0.25) is 0 Å². The van der Waals surface area contributed by atoms with Crippen LogP contribution < -0.4 is 24.5 Å². The fraction of sp³-hybridized carbons (Fsp3) is 0.318. The first kappa shape index (κ1) is 20.1. The molecule has 1 aliphatic heterocycles. The fourth-order valence-corrected chi connectivity index (χ4v) is 4.01. The molecule has 0 radical (unpaired) electrons. The third-order valence-electron chi connectivity index (χ3n) is 5.50. The van der Waals surface area contributed by atoms with Crippen molar-refractivity contribution in [2.75, 3.05) is 28.4 Å². The van der Waals surface area contributed by atoms with E-state index in [1.165, 1.54) is 33.0 Å². The van der Waals surface area contributed by atoms with Gasteiger partial charge < -0.3 is 33.7 Å². The Morgan fingerprint density at radius 2 is 1.57 bits per heavy atom. The lowest BCUT2D eigenvalue weighted by Crippen LogP contribution is -2.29. The Morgan fingerprint density at radius 1 is 0.900 bits per heavy atom.